The molecule has 18 heavy (non-hydrogen) atoms. The minimum Gasteiger partial charge on any atom is -0.480 e. The summed E-state index contributed by atoms with van der Waals surface area (Å²) in [7, 11) is 0. The number of carbonyl (C=O) groups excluding carboxylic acids is 1. The molecule has 0 aromatic rings. The Labute approximate surface area is 113 Å². The second-order valence-electron chi connectivity index (χ2n) is 4.76. The Hall–Kier alpha value is -0.910. The molecule has 0 rings (SSSR count). The van der Waals surface area contributed by atoms with Crippen LogP contribution in [-0.2, 0) is 4.79 Å². The van der Waals surface area contributed by atoms with Gasteiger partial charge in [0.1, 0.15) is 6.04 Å². The van der Waals surface area contributed by atoms with E-state index in [1.165, 1.54) is 0 Å². The van der Waals surface area contributed by atoms with Crippen molar-refractivity contribution in [3.8, 4) is 0 Å². The van der Waals surface area contributed by atoms with Crippen LogP contribution < -0.4 is 10.6 Å². The maximum atomic E-state index is 11.5. The first kappa shape index (κ1) is 17.1. The summed E-state index contributed by atoms with van der Waals surface area (Å²) in [5.74, 6) is -0.765. The van der Waals surface area contributed by atoms with E-state index < -0.39 is 18.0 Å². The number of amides is 2. The molecule has 2 amide bonds. The summed E-state index contributed by atoms with van der Waals surface area (Å²) >= 11 is 1.74. The first-order valence-corrected chi connectivity index (χ1v) is 7.45. The lowest BCUT2D eigenvalue weighted by atomic mass is 10.0. The van der Waals surface area contributed by atoms with E-state index in [0.29, 0.717) is 18.2 Å². The van der Waals surface area contributed by atoms with Crippen LogP contribution in [-0.4, -0.2) is 41.2 Å². The summed E-state index contributed by atoms with van der Waals surface area (Å²) < 4.78 is 0. The van der Waals surface area contributed by atoms with Crippen molar-refractivity contribution in [1.82, 2.24) is 10.6 Å². The van der Waals surface area contributed by atoms with E-state index in [1.807, 2.05) is 20.1 Å². The largest absolute Gasteiger partial charge is 0.480 e. The SMILES string of the molecule is CSC(C)CCNC(=O)N[C@H](CC(C)C)C(=O)O. The van der Waals surface area contributed by atoms with Gasteiger partial charge in [-0.15, -0.1) is 0 Å². The Morgan fingerprint density at radius 1 is 1.28 bits per heavy atom. The van der Waals surface area contributed by atoms with E-state index in [1.54, 1.807) is 11.8 Å². The van der Waals surface area contributed by atoms with Gasteiger partial charge in [0.15, 0.2) is 0 Å². The van der Waals surface area contributed by atoms with E-state index in [4.69, 9.17) is 5.11 Å². The quantitative estimate of drug-likeness (QED) is 0.633. The first-order chi connectivity index (χ1) is 8.36. The monoisotopic (exact) mass is 276 g/mol. The molecule has 106 valence electrons. The lowest BCUT2D eigenvalue weighted by Crippen LogP contribution is -2.46. The minimum atomic E-state index is -0.990. The average molecular weight is 276 g/mol. The van der Waals surface area contributed by atoms with Gasteiger partial charge in [0.2, 0.25) is 0 Å². The Morgan fingerprint density at radius 3 is 2.33 bits per heavy atom. The van der Waals surface area contributed by atoms with Gasteiger partial charge in [-0.05, 0) is 25.0 Å². The van der Waals surface area contributed by atoms with E-state index in [0.717, 1.165) is 6.42 Å². The van der Waals surface area contributed by atoms with Crippen LogP contribution in [0.4, 0.5) is 4.79 Å². The van der Waals surface area contributed by atoms with Crippen molar-refractivity contribution in [2.75, 3.05) is 12.8 Å². The number of hydrogen-bond donors (Lipinski definition) is 3. The van der Waals surface area contributed by atoms with Gasteiger partial charge in [0, 0.05) is 11.8 Å². The molecule has 5 nitrogen and oxygen atoms in total. The lowest BCUT2D eigenvalue weighted by molar-refractivity contribution is -0.139. The van der Waals surface area contributed by atoms with Crippen molar-refractivity contribution in [3.05, 3.63) is 0 Å². The third-order valence-corrected chi connectivity index (χ3v) is 3.59. The van der Waals surface area contributed by atoms with Gasteiger partial charge in [0.05, 0.1) is 0 Å². The van der Waals surface area contributed by atoms with Gasteiger partial charge in [-0.25, -0.2) is 9.59 Å². The average Bonchev–Trinajstić information content (AvgIpc) is 2.27. The topological polar surface area (TPSA) is 78.4 Å². The molecule has 0 spiro atoms. The molecule has 0 aliphatic carbocycles. The van der Waals surface area contributed by atoms with Crippen molar-refractivity contribution < 1.29 is 14.7 Å². The molecule has 0 heterocycles. The van der Waals surface area contributed by atoms with Crippen LogP contribution in [0.3, 0.4) is 0 Å². The molecular weight excluding hydrogens is 252 g/mol. The van der Waals surface area contributed by atoms with Crippen molar-refractivity contribution in [3.63, 3.8) is 0 Å². The molecule has 0 fully saturated rings. The number of rotatable bonds is 8. The van der Waals surface area contributed by atoms with Crippen LogP contribution in [0.5, 0.6) is 0 Å². The minimum absolute atomic E-state index is 0.225. The summed E-state index contributed by atoms with van der Waals surface area (Å²) in [6.45, 7) is 6.50. The predicted octanol–water partition coefficient (Wildman–Crippen LogP) is 1.93. The zero-order chi connectivity index (χ0) is 14.1. The molecule has 0 bridgehead atoms. The standard InChI is InChI=1S/C12H24N2O3S/c1-8(2)7-10(11(15)16)14-12(17)13-6-5-9(3)18-4/h8-10H,5-7H2,1-4H3,(H,15,16)(H2,13,14,17)/t9?,10-/m1/s1. The normalized spacial score (nSPS) is 14.1. The van der Waals surface area contributed by atoms with E-state index in [-0.39, 0.29) is 5.92 Å². The Bertz CT molecular complexity index is 272. The predicted molar refractivity (Wildman–Crippen MR) is 75.0 cm³/mol. The molecule has 1 unspecified atom stereocenters. The fraction of sp³-hybridized carbons (Fsp3) is 0.833. The highest BCUT2D eigenvalue weighted by atomic mass is 32.2. The van der Waals surface area contributed by atoms with Crippen molar-refractivity contribution in [1.29, 1.82) is 0 Å². The number of aliphatic carboxylic acids is 1. The van der Waals surface area contributed by atoms with E-state index >= 15 is 0 Å². The smallest absolute Gasteiger partial charge is 0.326 e. The summed E-state index contributed by atoms with van der Waals surface area (Å²) in [4.78, 5) is 22.5. The second kappa shape index (κ2) is 9.08. The Kier molecular flexibility index (Phi) is 8.62. The number of thioether (sulfide) groups is 1. The van der Waals surface area contributed by atoms with Crippen LogP contribution in [0.15, 0.2) is 0 Å². The highest BCUT2D eigenvalue weighted by molar-refractivity contribution is 7.99. The molecule has 2 atom stereocenters. The molecule has 0 aromatic heterocycles. The van der Waals surface area contributed by atoms with Crippen LogP contribution in [0, 0.1) is 5.92 Å². The van der Waals surface area contributed by atoms with Gasteiger partial charge >= 0.3 is 12.0 Å². The lowest BCUT2D eigenvalue weighted by Gasteiger charge is -2.17. The number of carbonyl (C=O) groups is 2. The van der Waals surface area contributed by atoms with Gasteiger partial charge in [-0.1, -0.05) is 20.8 Å². The summed E-state index contributed by atoms with van der Waals surface area (Å²) in [5, 5.41) is 14.6. The Morgan fingerprint density at radius 2 is 1.89 bits per heavy atom. The summed E-state index contributed by atoms with van der Waals surface area (Å²) in [5.41, 5.74) is 0. The molecule has 3 N–H and O–H groups in total. The molecule has 0 aliphatic rings. The van der Waals surface area contributed by atoms with Crippen LogP contribution in [0.25, 0.3) is 0 Å². The molecular formula is C12H24N2O3S. The van der Waals surface area contributed by atoms with Gasteiger partial charge in [-0.2, -0.15) is 11.8 Å². The number of urea groups is 1. The number of carboxylic acids is 1. The highest BCUT2D eigenvalue weighted by Gasteiger charge is 2.20. The molecule has 0 aromatic carbocycles. The molecule has 0 saturated heterocycles. The third kappa shape index (κ3) is 8.22. The molecule has 6 heteroatoms. The van der Waals surface area contributed by atoms with Gasteiger partial charge in [-0.3, -0.25) is 0 Å². The molecule has 0 aliphatic heterocycles. The molecule has 0 saturated carbocycles. The zero-order valence-corrected chi connectivity index (χ0v) is 12.3. The molecule has 0 radical (unpaired) electrons. The third-order valence-electron chi connectivity index (χ3n) is 2.55. The Balaban J connectivity index is 3.99. The summed E-state index contributed by atoms with van der Waals surface area (Å²) in [6.07, 6.45) is 3.33. The van der Waals surface area contributed by atoms with E-state index in [9.17, 15) is 9.59 Å². The fourth-order valence-corrected chi connectivity index (χ4v) is 1.76. The fourth-order valence-electron chi connectivity index (χ4n) is 1.41. The first-order valence-electron chi connectivity index (χ1n) is 6.16. The van der Waals surface area contributed by atoms with Gasteiger partial charge < -0.3 is 15.7 Å². The second-order valence-corrected chi connectivity index (χ2v) is 6.03. The van der Waals surface area contributed by atoms with Crippen LogP contribution >= 0.6 is 11.8 Å². The maximum Gasteiger partial charge on any atom is 0.326 e. The summed E-state index contributed by atoms with van der Waals surface area (Å²) in [6, 6.07) is -1.22. The number of nitrogens with one attached hydrogen (secondary N) is 2. The number of hydrogen-bond acceptors (Lipinski definition) is 3. The highest BCUT2D eigenvalue weighted by Crippen LogP contribution is 2.08. The van der Waals surface area contributed by atoms with Gasteiger partial charge in [0.25, 0.3) is 0 Å². The van der Waals surface area contributed by atoms with Crippen LogP contribution in [0.1, 0.15) is 33.6 Å². The number of carboxylic acid groups (broad SMARTS) is 1. The zero-order valence-electron chi connectivity index (χ0n) is 11.5. The maximum absolute atomic E-state index is 11.5. The van der Waals surface area contributed by atoms with Crippen LogP contribution in [0.2, 0.25) is 0 Å². The van der Waals surface area contributed by atoms with Crippen molar-refractivity contribution in [2.24, 2.45) is 5.92 Å². The van der Waals surface area contributed by atoms with Crippen molar-refractivity contribution >= 4 is 23.8 Å². The van der Waals surface area contributed by atoms with Crippen molar-refractivity contribution in [2.45, 2.75) is 44.9 Å². The van der Waals surface area contributed by atoms with E-state index in [2.05, 4.69) is 17.6 Å².